The van der Waals surface area contributed by atoms with Crippen LogP contribution in [0.1, 0.15) is 18.0 Å². The van der Waals surface area contributed by atoms with Crippen molar-refractivity contribution in [3.63, 3.8) is 0 Å². The monoisotopic (exact) mass is 343 g/mol. The van der Waals surface area contributed by atoms with E-state index in [1.807, 2.05) is 6.07 Å². The lowest BCUT2D eigenvalue weighted by Gasteiger charge is -2.21. The quantitative estimate of drug-likeness (QED) is 0.797. The van der Waals surface area contributed by atoms with Gasteiger partial charge in [-0.25, -0.2) is 4.79 Å². The molecule has 0 saturated carbocycles. The molecule has 2 N–H and O–H groups in total. The average molecular weight is 343 g/mol. The van der Waals surface area contributed by atoms with Crippen molar-refractivity contribution < 1.29 is 24.2 Å². The van der Waals surface area contributed by atoms with Gasteiger partial charge in [0.05, 0.1) is 20.3 Å². The first-order valence-electron chi connectivity index (χ1n) is 7.57. The summed E-state index contributed by atoms with van der Waals surface area (Å²) in [5.74, 6) is -0.333. The summed E-state index contributed by atoms with van der Waals surface area (Å²) in [5, 5.41) is 16.3. The Morgan fingerprint density at radius 2 is 1.72 bits per heavy atom. The van der Waals surface area contributed by atoms with Crippen LogP contribution < -0.4 is 25.2 Å². The SMILES string of the molecule is COc1ccc([C@H](CC(=O)[O-])NC(=O)Nc2ccccc2)cc1OC. The maximum absolute atomic E-state index is 12.2. The molecule has 0 aromatic heterocycles. The van der Waals surface area contributed by atoms with Crippen LogP contribution in [0.3, 0.4) is 0 Å². The fourth-order valence-electron chi connectivity index (χ4n) is 2.34. The maximum Gasteiger partial charge on any atom is 0.319 e. The third-order valence-electron chi connectivity index (χ3n) is 3.52. The van der Waals surface area contributed by atoms with Crippen LogP contribution in [0, 0.1) is 0 Å². The molecule has 2 amide bonds. The molecule has 7 heteroatoms. The highest BCUT2D eigenvalue weighted by Crippen LogP contribution is 2.30. The number of carbonyl (C=O) groups excluding carboxylic acids is 2. The molecular formula is C18H19N2O5-. The lowest BCUT2D eigenvalue weighted by atomic mass is 10.0. The third kappa shape index (κ3) is 5.13. The van der Waals surface area contributed by atoms with Gasteiger partial charge in [-0.2, -0.15) is 0 Å². The van der Waals surface area contributed by atoms with Crippen molar-refractivity contribution in [2.75, 3.05) is 19.5 Å². The number of anilines is 1. The molecule has 132 valence electrons. The van der Waals surface area contributed by atoms with Crippen LogP contribution in [-0.2, 0) is 4.79 Å². The van der Waals surface area contributed by atoms with E-state index >= 15 is 0 Å². The zero-order chi connectivity index (χ0) is 18.2. The molecule has 0 unspecified atom stereocenters. The number of ether oxygens (including phenoxy) is 2. The largest absolute Gasteiger partial charge is 0.550 e. The average Bonchev–Trinajstić information content (AvgIpc) is 2.61. The number of hydrogen-bond acceptors (Lipinski definition) is 5. The van der Waals surface area contributed by atoms with E-state index in [1.165, 1.54) is 14.2 Å². The molecule has 25 heavy (non-hydrogen) atoms. The van der Waals surface area contributed by atoms with Crippen LogP contribution in [0.25, 0.3) is 0 Å². The molecule has 2 aromatic carbocycles. The number of carbonyl (C=O) groups is 2. The standard InChI is InChI=1S/C18H20N2O5/c1-24-15-9-8-12(10-16(15)25-2)14(11-17(21)22)20-18(23)19-13-6-4-3-5-7-13/h3-10,14H,11H2,1-2H3,(H,21,22)(H2,19,20,23)/p-1/t14-/m0/s1. The number of rotatable bonds is 7. The zero-order valence-electron chi connectivity index (χ0n) is 13.9. The second kappa shape index (κ2) is 8.58. The van der Waals surface area contributed by atoms with Gasteiger partial charge in [0.2, 0.25) is 0 Å². The zero-order valence-corrected chi connectivity index (χ0v) is 13.9. The molecule has 7 nitrogen and oxygen atoms in total. The highest BCUT2D eigenvalue weighted by Gasteiger charge is 2.17. The number of benzene rings is 2. The number of aliphatic carboxylic acids is 1. The van der Waals surface area contributed by atoms with Gasteiger partial charge in [0.25, 0.3) is 0 Å². The molecule has 0 saturated heterocycles. The van der Waals surface area contributed by atoms with Crippen molar-refractivity contribution in [1.29, 1.82) is 0 Å². The normalized spacial score (nSPS) is 11.3. The van der Waals surface area contributed by atoms with E-state index in [0.717, 1.165) is 0 Å². The van der Waals surface area contributed by atoms with Crippen molar-refractivity contribution in [1.82, 2.24) is 5.32 Å². The van der Waals surface area contributed by atoms with Gasteiger partial charge in [-0.15, -0.1) is 0 Å². The first-order valence-corrected chi connectivity index (χ1v) is 7.57. The third-order valence-corrected chi connectivity index (χ3v) is 3.52. The van der Waals surface area contributed by atoms with Crippen LogP contribution in [0.2, 0.25) is 0 Å². The maximum atomic E-state index is 12.2. The van der Waals surface area contributed by atoms with Gasteiger partial charge in [-0.3, -0.25) is 0 Å². The topological polar surface area (TPSA) is 99.7 Å². The van der Waals surface area contributed by atoms with Gasteiger partial charge in [0.15, 0.2) is 11.5 Å². The fraction of sp³-hybridized carbons (Fsp3) is 0.222. The molecule has 0 aliphatic rings. The Balaban J connectivity index is 2.18. The summed E-state index contributed by atoms with van der Waals surface area (Å²) in [5.41, 5.74) is 1.16. The number of urea groups is 1. The molecule has 0 spiro atoms. The number of carboxylic acids is 1. The molecule has 0 aliphatic carbocycles. The van der Waals surface area contributed by atoms with Crippen molar-refractivity contribution in [2.45, 2.75) is 12.5 Å². The molecular weight excluding hydrogens is 324 g/mol. The molecule has 0 heterocycles. The molecule has 0 aliphatic heterocycles. The molecule has 0 bridgehead atoms. The molecule has 2 aromatic rings. The van der Waals surface area contributed by atoms with Crippen LogP contribution in [0.5, 0.6) is 11.5 Å². The van der Waals surface area contributed by atoms with E-state index in [2.05, 4.69) is 10.6 Å². The predicted molar refractivity (Wildman–Crippen MR) is 90.5 cm³/mol. The minimum Gasteiger partial charge on any atom is -0.550 e. The summed E-state index contributed by atoms with van der Waals surface area (Å²) in [4.78, 5) is 23.2. The molecule has 2 rings (SSSR count). The summed E-state index contributed by atoms with van der Waals surface area (Å²) in [6.45, 7) is 0. The van der Waals surface area contributed by atoms with Crippen molar-refractivity contribution >= 4 is 17.7 Å². The molecule has 1 atom stereocenters. The highest BCUT2D eigenvalue weighted by atomic mass is 16.5. The van der Waals surface area contributed by atoms with E-state index in [0.29, 0.717) is 22.7 Å². The second-order valence-corrected chi connectivity index (χ2v) is 5.21. The number of methoxy groups -OCH3 is 2. The molecule has 0 radical (unpaired) electrons. The van der Waals surface area contributed by atoms with Crippen molar-refractivity contribution in [3.05, 3.63) is 54.1 Å². The smallest absolute Gasteiger partial charge is 0.319 e. The summed E-state index contributed by atoms with van der Waals surface area (Å²) in [6, 6.07) is 12.5. The summed E-state index contributed by atoms with van der Waals surface area (Å²) in [6.07, 6.45) is -0.377. The first kappa shape index (κ1) is 18.1. The Kier molecular flexibility index (Phi) is 6.22. The second-order valence-electron chi connectivity index (χ2n) is 5.21. The number of amides is 2. The van der Waals surface area contributed by atoms with Crippen LogP contribution in [0.4, 0.5) is 10.5 Å². The Morgan fingerprint density at radius 3 is 2.32 bits per heavy atom. The van der Waals surface area contributed by atoms with Crippen LogP contribution in [-0.4, -0.2) is 26.2 Å². The Morgan fingerprint density at radius 1 is 1.04 bits per heavy atom. The van der Waals surface area contributed by atoms with E-state index in [9.17, 15) is 14.7 Å². The lowest BCUT2D eigenvalue weighted by Crippen LogP contribution is -2.36. The first-order chi connectivity index (χ1) is 12.0. The van der Waals surface area contributed by atoms with Crippen LogP contribution in [0.15, 0.2) is 48.5 Å². The van der Waals surface area contributed by atoms with Gasteiger partial charge in [0, 0.05) is 18.1 Å². The van der Waals surface area contributed by atoms with Gasteiger partial charge in [-0.1, -0.05) is 24.3 Å². The van der Waals surface area contributed by atoms with Gasteiger partial charge in [0.1, 0.15) is 0 Å². The fourth-order valence-corrected chi connectivity index (χ4v) is 2.34. The lowest BCUT2D eigenvalue weighted by molar-refractivity contribution is -0.306. The number of carboxylic acid groups (broad SMARTS) is 1. The highest BCUT2D eigenvalue weighted by molar-refractivity contribution is 5.89. The molecule has 0 fully saturated rings. The summed E-state index contributed by atoms with van der Waals surface area (Å²) < 4.78 is 10.4. The van der Waals surface area contributed by atoms with Crippen LogP contribution >= 0.6 is 0 Å². The van der Waals surface area contributed by atoms with Crippen molar-refractivity contribution in [3.8, 4) is 11.5 Å². The predicted octanol–water partition coefficient (Wildman–Crippen LogP) is 1.71. The van der Waals surface area contributed by atoms with Gasteiger partial charge in [-0.05, 0) is 29.8 Å². The minimum absolute atomic E-state index is 0.377. The van der Waals surface area contributed by atoms with E-state index in [4.69, 9.17) is 9.47 Å². The Hall–Kier alpha value is -3.22. The van der Waals surface area contributed by atoms with E-state index in [-0.39, 0.29) is 6.42 Å². The van der Waals surface area contributed by atoms with Crippen molar-refractivity contribution in [2.24, 2.45) is 0 Å². The number of nitrogens with one attached hydrogen (secondary N) is 2. The van der Waals surface area contributed by atoms with Gasteiger partial charge < -0.3 is 30.0 Å². The van der Waals surface area contributed by atoms with E-state index < -0.39 is 18.0 Å². The van der Waals surface area contributed by atoms with E-state index in [1.54, 1.807) is 42.5 Å². The van der Waals surface area contributed by atoms with Gasteiger partial charge >= 0.3 is 6.03 Å². The summed E-state index contributed by atoms with van der Waals surface area (Å²) in [7, 11) is 2.98. The Labute approximate surface area is 145 Å². The number of hydrogen-bond donors (Lipinski definition) is 2. The Bertz CT molecular complexity index is 734. The summed E-state index contributed by atoms with van der Waals surface area (Å²) >= 11 is 0. The minimum atomic E-state index is -1.28. The number of para-hydroxylation sites is 1.